The Morgan fingerprint density at radius 1 is 1.23 bits per heavy atom. The minimum absolute atomic E-state index is 0.0499. The second-order valence-corrected chi connectivity index (χ2v) is 7.22. The van der Waals surface area contributed by atoms with Crippen molar-refractivity contribution in [1.82, 2.24) is 24.4 Å². The molecular weight excluding hydrogens is 326 g/mol. The van der Waals surface area contributed by atoms with Crippen LogP contribution < -0.4 is 0 Å². The third-order valence-corrected chi connectivity index (χ3v) is 5.03. The number of carbonyl (C=O) groups excluding carboxylic acids is 1. The molecule has 0 bridgehead atoms. The molecule has 4 rings (SSSR count). The Hall–Kier alpha value is -2.76. The van der Waals surface area contributed by atoms with Gasteiger partial charge in [0.05, 0.1) is 22.8 Å². The van der Waals surface area contributed by atoms with Gasteiger partial charge < -0.3 is 9.47 Å². The van der Waals surface area contributed by atoms with Crippen molar-refractivity contribution in [3.05, 3.63) is 53.9 Å². The maximum absolute atomic E-state index is 12.8. The predicted octanol–water partition coefficient (Wildman–Crippen LogP) is 3.35. The number of imidazole rings is 1. The number of aryl methyl sites for hydroxylation is 1. The predicted molar refractivity (Wildman–Crippen MR) is 100 cm³/mol. The fourth-order valence-corrected chi connectivity index (χ4v) is 3.72. The average Bonchev–Trinajstić information content (AvgIpc) is 3.26. The monoisotopic (exact) mass is 349 g/mol. The van der Waals surface area contributed by atoms with Crippen LogP contribution in [0.5, 0.6) is 0 Å². The highest BCUT2D eigenvalue weighted by atomic mass is 16.2. The summed E-state index contributed by atoms with van der Waals surface area (Å²) in [5.74, 6) is 1.35. The number of fused-ring (bicyclic) bond motifs is 1. The zero-order chi connectivity index (χ0) is 18.3. The molecule has 0 aliphatic carbocycles. The Balaban J connectivity index is 1.61. The van der Waals surface area contributed by atoms with Crippen molar-refractivity contribution in [2.75, 3.05) is 13.1 Å². The number of carbonyl (C=O) groups is 1. The molecule has 1 amide bonds. The molecule has 1 atom stereocenters. The smallest absolute Gasteiger partial charge is 0.255 e. The third-order valence-electron chi connectivity index (χ3n) is 5.03. The Bertz CT molecular complexity index is 944. The number of pyridine rings is 2. The van der Waals surface area contributed by atoms with E-state index < -0.39 is 0 Å². The molecule has 0 unspecified atom stereocenters. The highest BCUT2D eigenvalue weighted by Crippen LogP contribution is 2.32. The molecule has 4 heterocycles. The van der Waals surface area contributed by atoms with Gasteiger partial charge in [0.2, 0.25) is 0 Å². The Morgan fingerprint density at radius 2 is 2.08 bits per heavy atom. The Morgan fingerprint density at radius 3 is 2.81 bits per heavy atom. The topological polar surface area (TPSA) is 63.9 Å². The second-order valence-electron chi connectivity index (χ2n) is 7.22. The summed E-state index contributed by atoms with van der Waals surface area (Å²) in [5, 5.41) is 0. The van der Waals surface area contributed by atoms with Gasteiger partial charge in [-0.25, -0.2) is 4.98 Å². The van der Waals surface area contributed by atoms with Gasteiger partial charge in [0.15, 0.2) is 0 Å². The van der Waals surface area contributed by atoms with E-state index in [0.29, 0.717) is 18.2 Å². The number of rotatable bonds is 3. The quantitative estimate of drug-likeness (QED) is 0.727. The van der Waals surface area contributed by atoms with Crippen molar-refractivity contribution in [2.24, 2.45) is 0 Å². The molecule has 26 heavy (non-hydrogen) atoms. The minimum Gasteiger partial charge on any atom is -0.338 e. The number of likely N-dealkylation sites (tertiary alicyclic amines) is 1. The first-order valence-corrected chi connectivity index (χ1v) is 9.08. The summed E-state index contributed by atoms with van der Waals surface area (Å²) in [6, 6.07) is 5.98. The number of aromatic nitrogens is 4. The fraction of sp³-hybridized carbons (Fsp3) is 0.400. The standard InChI is InChI=1S/C20H23N5O/c1-13(2)25-18-11-21-8-6-17(18)23-19(25)16-7-9-24(12-16)20(26)15-5-4-14(3)22-10-15/h4-6,8,10-11,13,16H,7,9,12H2,1-3H3/t16-/m1/s1. The summed E-state index contributed by atoms with van der Waals surface area (Å²) in [6.45, 7) is 7.68. The van der Waals surface area contributed by atoms with Gasteiger partial charge >= 0.3 is 0 Å². The van der Waals surface area contributed by atoms with Crippen LogP contribution in [0, 0.1) is 6.92 Å². The van der Waals surface area contributed by atoms with E-state index in [4.69, 9.17) is 4.98 Å². The second kappa shape index (κ2) is 6.52. The minimum atomic E-state index is 0.0499. The van der Waals surface area contributed by atoms with Crippen molar-refractivity contribution >= 4 is 16.9 Å². The van der Waals surface area contributed by atoms with Gasteiger partial charge in [-0.2, -0.15) is 0 Å². The summed E-state index contributed by atoms with van der Waals surface area (Å²) in [7, 11) is 0. The number of amides is 1. The molecular formula is C20H23N5O. The molecule has 1 fully saturated rings. The van der Waals surface area contributed by atoms with Crippen LogP contribution in [-0.4, -0.2) is 43.4 Å². The van der Waals surface area contributed by atoms with E-state index >= 15 is 0 Å². The van der Waals surface area contributed by atoms with Crippen LogP contribution in [-0.2, 0) is 0 Å². The molecule has 134 valence electrons. The molecule has 0 radical (unpaired) electrons. The lowest BCUT2D eigenvalue weighted by molar-refractivity contribution is 0.0790. The van der Waals surface area contributed by atoms with Crippen LogP contribution >= 0.6 is 0 Å². The summed E-state index contributed by atoms with van der Waals surface area (Å²) >= 11 is 0. The number of hydrogen-bond donors (Lipinski definition) is 0. The number of nitrogens with zero attached hydrogens (tertiary/aromatic N) is 5. The van der Waals surface area contributed by atoms with E-state index in [1.807, 2.05) is 36.2 Å². The van der Waals surface area contributed by atoms with Crippen LogP contribution in [0.15, 0.2) is 36.8 Å². The van der Waals surface area contributed by atoms with Crippen LogP contribution in [0.25, 0.3) is 11.0 Å². The van der Waals surface area contributed by atoms with Gasteiger partial charge in [-0.15, -0.1) is 0 Å². The first-order chi connectivity index (χ1) is 12.5. The van der Waals surface area contributed by atoms with E-state index in [9.17, 15) is 4.79 Å². The molecule has 1 saturated heterocycles. The van der Waals surface area contributed by atoms with E-state index in [0.717, 1.165) is 35.5 Å². The third kappa shape index (κ3) is 2.85. The summed E-state index contributed by atoms with van der Waals surface area (Å²) in [6.07, 6.45) is 6.24. The Labute approximate surface area is 152 Å². The maximum Gasteiger partial charge on any atom is 0.255 e. The van der Waals surface area contributed by atoms with Gasteiger partial charge in [0.25, 0.3) is 5.91 Å². The molecule has 6 nitrogen and oxygen atoms in total. The lowest BCUT2D eigenvalue weighted by Gasteiger charge is -2.18. The van der Waals surface area contributed by atoms with Crippen LogP contribution in [0.4, 0.5) is 0 Å². The van der Waals surface area contributed by atoms with Crippen LogP contribution in [0.2, 0.25) is 0 Å². The van der Waals surface area contributed by atoms with Crippen molar-refractivity contribution in [2.45, 2.75) is 39.2 Å². The zero-order valence-corrected chi connectivity index (χ0v) is 15.4. The maximum atomic E-state index is 12.8. The van der Waals surface area contributed by atoms with Crippen LogP contribution in [0.3, 0.4) is 0 Å². The lowest BCUT2D eigenvalue weighted by atomic mass is 10.1. The van der Waals surface area contributed by atoms with Crippen LogP contribution in [0.1, 0.15) is 54.1 Å². The highest BCUT2D eigenvalue weighted by molar-refractivity contribution is 5.94. The molecule has 3 aromatic rings. The zero-order valence-electron chi connectivity index (χ0n) is 15.4. The fourth-order valence-electron chi connectivity index (χ4n) is 3.72. The Kier molecular flexibility index (Phi) is 4.18. The molecule has 0 N–H and O–H groups in total. The van der Waals surface area contributed by atoms with E-state index in [-0.39, 0.29) is 11.8 Å². The molecule has 1 aliphatic heterocycles. The molecule has 6 heteroatoms. The first kappa shape index (κ1) is 16.7. The SMILES string of the molecule is Cc1ccc(C(=O)N2CC[C@@H](c3nc4ccncc4n3C(C)C)C2)cn1. The van der Waals surface area contributed by atoms with E-state index in [1.54, 1.807) is 12.4 Å². The summed E-state index contributed by atoms with van der Waals surface area (Å²) in [5.41, 5.74) is 3.60. The van der Waals surface area contributed by atoms with Gasteiger partial charge in [-0.1, -0.05) is 0 Å². The largest absolute Gasteiger partial charge is 0.338 e. The normalized spacial score (nSPS) is 17.4. The number of hydrogen-bond acceptors (Lipinski definition) is 4. The van der Waals surface area contributed by atoms with Gasteiger partial charge in [-0.3, -0.25) is 14.8 Å². The van der Waals surface area contributed by atoms with E-state index in [2.05, 4.69) is 28.4 Å². The van der Waals surface area contributed by atoms with Gasteiger partial charge in [0, 0.05) is 43.1 Å². The summed E-state index contributed by atoms with van der Waals surface area (Å²) < 4.78 is 2.26. The van der Waals surface area contributed by atoms with Gasteiger partial charge in [0.1, 0.15) is 5.82 Å². The van der Waals surface area contributed by atoms with Gasteiger partial charge in [-0.05, 0) is 45.4 Å². The molecule has 0 spiro atoms. The lowest BCUT2D eigenvalue weighted by Crippen LogP contribution is -2.29. The molecule has 3 aromatic heterocycles. The molecule has 0 aromatic carbocycles. The molecule has 0 saturated carbocycles. The average molecular weight is 349 g/mol. The highest BCUT2D eigenvalue weighted by Gasteiger charge is 2.32. The van der Waals surface area contributed by atoms with E-state index in [1.165, 1.54) is 0 Å². The van der Waals surface area contributed by atoms with Crippen molar-refractivity contribution in [3.8, 4) is 0 Å². The van der Waals surface area contributed by atoms with Crippen molar-refractivity contribution in [1.29, 1.82) is 0 Å². The first-order valence-electron chi connectivity index (χ1n) is 9.08. The van der Waals surface area contributed by atoms with Crippen molar-refractivity contribution < 1.29 is 4.79 Å². The summed E-state index contributed by atoms with van der Waals surface area (Å²) in [4.78, 5) is 28.1. The van der Waals surface area contributed by atoms with Crippen molar-refractivity contribution in [3.63, 3.8) is 0 Å². The molecule has 1 aliphatic rings.